The average molecular weight is 240 g/mol. The first kappa shape index (κ1) is 11.5. The van der Waals surface area contributed by atoms with Gasteiger partial charge < -0.3 is 13.8 Å². The molecule has 0 aromatic heterocycles. The van der Waals surface area contributed by atoms with Gasteiger partial charge in [0.25, 0.3) is 8.38 Å². The van der Waals surface area contributed by atoms with Gasteiger partial charge in [0.05, 0.1) is 12.2 Å². The van der Waals surface area contributed by atoms with E-state index in [1.54, 1.807) is 24.3 Å². The van der Waals surface area contributed by atoms with Gasteiger partial charge in [0, 0.05) is 0 Å². The van der Waals surface area contributed by atoms with Crippen LogP contribution in [0.15, 0.2) is 30.3 Å². The molecule has 0 spiro atoms. The highest BCUT2D eigenvalue weighted by Crippen LogP contribution is 2.49. The molecule has 0 N–H and O–H groups in total. The van der Waals surface area contributed by atoms with Crippen molar-refractivity contribution in [1.82, 2.24) is 0 Å². The minimum Gasteiger partial charge on any atom is -0.420 e. The maximum atomic E-state index is 11.7. The normalized spacial score (nSPS) is 29.0. The molecule has 1 saturated heterocycles. The third kappa shape index (κ3) is 2.59. The summed E-state index contributed by atoms with van der Waals surface area (Å²) in [6.45, 7) is 3.76. The van der Waals surface area contributed by atoms with E-state index in [1.165, 1.54) is 0 Å². The third-order valence-corrected chi connectivity index (χ3v) is 3.72. The van der Waals surface area contributed by atoms with Gasteiger partial charge in [-0.25, -0.2) is 4.79 Å². The molecular formula is C11H13O4P. The minimum atomic E-state index is -1.57. The molecule has 1 aliphatic rings. The minimum absolute atomic E-state index is 0.0607. The van der Waals surface area contributed by atoms with E-state index in [-0.39, 0.29) is 12.2 Å². The Morgan fingerprint density at radius 2 is 1.75 bits per heavy atom. The first-order valence-electron chi connectivity index (χ1n) is 5.07. The summed E-state index contributed by atoms with van der Waals surface area (Å²) in [5.41, 5.74) is -0.447. The highest BCUT2D eigenvalue weighted by molar-refractivity contribution is 7.65. The van der Waals surface area contributed by atoms with Crippen molar-refractivity contribution < 1.29 is 18.6 Å². The molecule has 0 radical (unpaired) electrons. The molecule has 1 heterocycles. The van der Waals surface area contributed by atoms with Crippen molar-refractivity contribution in [2.45, 2.75) is 26.1 Å². The maximum absolute atomic E-state index is 11.7. The van der Waals surface area contributed by atoms with Crippen LogP contribution in [0.25, 0.3) is 0 Å². The van der Waals surface area contributed by atoms with Crippen molar-refractivity contribution in [3.63, 3.8) is 0 Å². The first-order valence-corrected chi connectivity index (χ1v) is 6.25. The zero-order valence-electron chi connectivity index (χ0n) is 9.12. The molecule has 1 aromatic rings. The molecule has 86 valence electrons. The molecule has 2 atom stereocenters. The molecule has 16 heavy (non-hydrogen) atoms. The predicted molar refractivity (Wildman–Crippen MR) is 60.5 cm³/mol. The van der Waals surface area contributed by atoms with Crippen LogP contribution in [0.2, 0.25) is 0 Å². The SMILES string of the molecule is CC1OP(C(=O)Oc2ccccc2)OC1C. The van der Waals surface area contributed by atoms with Crippen molar-refractivity contribution in [3.05, 3.63) is 30.3 Å². The molecule has 1 fully saturated rings. The summed E-state index contributed by atoms with van der Waals surface area (Å²) in [5, 5.41) is 0. The molecule has 0 amide bonds. The Labute approximate surface area is 95.4 Å². The number of hydrogen-bond acceptors (Lipinski definition) is 4. The Hall–Kier alpha value is -0.960. The van der Waals surface area contributed by atoms with Crippen LogP contribution in [0.1, 0.15) is 13.8 Å². The molecule has 0 aliphatic carbocycles. The zero-order valence-corrected chi connectivity index (χ0v) is 10.0. The van der Waals surface area contributed by atoms with E-state index >= 15 is 0 Å². The van der Waals surface area contributed by atoms with Gasteiger partial charge in [-0.2, -0.15) is 0 Å². The van der Waals surface area contributed by atoms with Crippen LogP contribution >= 0.6 is 8.38 Å². The summed E-state index contributed by atoms with van der Waals surface area (Å²) in [4.78, 5) is 11.7. The number of hydrogen-bond donors (Lipinski definition) is 0. The van der Waals surface area contributed by atoms with Crippen LogP contribution in [0.3, 0.4) is 0 Å². The van der Waals surface area contributed by atoms with E-state index in [0.717, 1.165) is 0 Å². The first-order chi connectivity index (χ1) is 7.66. The largest absolute Gasteiger partial charge is 0.420 e. The van der Waals surface area contributed by atoms with Gasteiger partial charge in [-0.3, -0.25) is 0 Å². The Balaban J connectivity index is 1.95. The van der Waals surface area contributed by atoms with Crippen LogP contribution in [0.5, 0.6) is 5.75 Å². The highest BCUT2D eigenvalue weighted by Gasteiger charge is 2.37. The van der Waals surface area contributed by atoms with Crippen molar-refractivity contribution in [3.8, 4) is 5.75 Å². The van der Waals surface area contributed by atoms with Crippen molar-refractivity contribution in [2.75, 3.05) is 0 Å². The number of benzene rings is 1. The standard InChI is InChI=1S/C11H13O4P/c1-8-9(2)15-16(14-8)11(12)13-10-6-4-3-5-7-10/h3-9H,1-2H3. The fourth-order valence-corrected chi connectivity index (χ4v) is 2.56. The third-order valence-electron chi connectivity index (χ3n) is 2.28. The number of rotatable bonds is 2. The van der Waals surface area contributed by atoms with E-state index in [2.05, 4.69) is 0 Å². The van der Waals surface area contributed by atoms with Crippen LogP contribution in [0.4, 0.5) is 4.79 Å². The molecule has 2 rings (SSSR count). The number of carbonyl (C=O) groups is 1. The molecule has 4 nitrogen and oxygen atoms in total. The van der Waals surface area contributed by atoms with Gasteiger partial charge in [-0.15, -0.1) is 0 Å². The lowest BCUT2D eigenvalue weighted by Gasteiger charge is -2.07. The van der Waals surface area contributed by atoms with E-state index < -0.39 is 14.1 Å². The number of ether oxygens (including phenoxy) is 1. The van der Waals surface area contributed by atoms with Gasteiger partial charge >= 0.3 is 5.71 Å². The van der Waals surface area contributed by atoms with Gasteiger partial charge in [0.15, 0.2) is 0 Å². The smallest absolute Gasteiger partial charge is 0.389 e. The van der Waals surface area contributed by atoms with Gasteiger partial charge in [0.2, 0.25) is 0 Å². The zero-order chi connectivity index (χ0) is 11.5. The Morgan fingerprint density at radius 3 is 2.31 bits per heavy atom. The molecule has 1 aliphatic heterocycles. The van der Waals surface area contributed by atoms with Crippen LogP contribution in [0, 0.1) is 0 Å². The lowest BCUT2D eigenvalue weighted by atomic mass is 10.3. The van der Waals surface area contributed by atoms with Crippen molar-refractivity contribution in [1.29, 1.82) is 0 Å². The van der Waals surface area contributed by atoms with E-state index in [1.807, 2.05) is 19.9 Å². The van der Waals surface area contributed by atoms with Crippen LogP contribution in [-0.4, -0.2) is 17.9 Å². The lowest BCUT2D eigenvalue weighted by Crippen LogP contribution is -2.13. The summed E-state index contributed by atoms with van der Waals surface area (Å²) in [5.74, 6) is 0.509. The molecule has 1 aromatic carbocycles. The fourth-order valence-electron chi connectivity index (χ4n) is 1.21. The quantitative estimate of drug-likeness (QED) is 0.744. The molecule has 2 unspecified atom stereocenters. The van der Waals surface area contributed by atoms with Gasteiger partial charge in [-0.1, -0.05) is 18.2 Å². The number of para-hydroxylation sites is 1. The monoisotopic (exact) mass is 240 g/mol. The Kier molecular flexibility index (Phi) is 3.54. The predicted octanol–water partition coefficient (Wildman–Crippen LogP) is 3.32. The Bertz CT molecular complexity index is 358. The second-order valence-electron chi connectivity index (χ2n) is 3.56. The Morgan fingerprint density at radius 1 is 1.19 bits per heavy atom. The molecule has 0 bridgehead atoms. The summed E-state index contributed by atoms with van der Waals surface area (Å²) in [6, 6.07) is 8.90. The fraction of sp³-hybridized carbons (Fsp3) is 0.364. The van der Waals surface area contributed by atoms with E-state index in [4.69, 9.17) is 13.8 Å². The van der Waals surface area contributed by atoms with Gasteiger partial charge in [-0.05, 0) is 26.0 Å². The summed E-state index contributed by atoms with van der Waals surface area (Å²) >= 11 is 0. The van der Waals surface area contributed by atoms with Crippen molar-refractivity contribution >= 4 is 14.1 Å². The second kappa shape index (κ2) is 4.91. The van der Waals surface area contributed by atoms with E-state index in [9.17, 15) is 4.79 Å². The molecule has 5 heteroatoms. The molecule has 0 saturated carbocycles. The summed E-state index contributed by atoms with van der Waals surface area (Å²) in [7, 11) is -1.57. The summed E-state index contributed by atoms with van der Waals surface area (Å²) < 4.78 is 15.9. The number of carbonyl (C=O) groups excluding carboxylic acids is 1. The lowest BCUT2D eigenvalue weighted by molar-refractivity contribution is 0.187. The highest BCUT2D eigenvalue weighted by atomic mass is 31.2. The van der Waals surface area contributed by atoms with E-state index in [0.29, 0.717) is 5.75 Å². The summed E-state index contributed by atoms with van der Waals surface area (Å²) in [6.07, 6.45) is -0.121. The molecular weight excluding hydrogens is 227 g/mol. The van der Waals surface area contributed by atoms with Crippen LogP contribution in [-0.2, 0) is 9.05 Å². The van der Waals surface area contributed by atoms with Crippen LogP contribution < -0.4 is 4.74 Å². The maximum Gasteiger partial charge on any atom is 0.389 e. The van der Waals surface area contributed by atoms with Crippen molar-refractivity contribution in [2.24, 2.45) is 0 Å². The van der Waals surface area contributed by atoms with Gasteiger partial charge in [0.1, 0.15) is 5.75 Å². The average Bonchev–Trinajstić information content (AvgIpc) is 2.61. The topological polar surface area (TPSA) is 44.8 Å². The second-order valence-corrected chi connectivity index (χ2v) is 4.86.